The quantitative estimate of drug-likeness (QED) is 0.572. The van der Waals surface area contributed by atoms with Gasteiger partial charge in [-0.25, -0.2) is 9.36 Å². The Kier molecular flexibility index (Phi) is 4.91. The predicted octanol–water partition coefficient (Wildman–Crippen LogP) is -0.209. The number of aryl methyl sites for hydroxylation is 1. The first kappa shape index (κ1) is 19.6. The number of anilines is 1. The molecule has 4 atom stereocenters. The SMILES string of the molecule is CC1C(CO)OC(n2c(=O)n(CCC(C)(C)C)c3c(=O)[nH]c(N)nc32)C1O. The third kappa shape index (κ3) is 3.40. The van der Waals surface area contributed by atoms with Gasteiger partial charge in [-0.15, -0.1) is 0 Å². The Morgan fingerprint density at radius 1 is 1.33 bits per heavy atom. The summed E-state index contributed by atoms with van der Waals surface area (Å²) in [6, 6.07) is 0. The van der Waals surface area contributed by atoms with Crippen molar-refractivity contribution in [2.75, 3.05) is 12.3 Å². The van der Waals surface area contributed by atoms with Crippen LogP contribution < -0.4 is 17.0 Å². The molecule has 1 aliphatic heterocycles. The van der Waals surface area contributed by atoms with Crippen molar-refractivity contribution in [2.45, 2.75) is 59.1 Å². The summed E-state index contributed by atoms with van der Waals surface area (Å²) in [6.45, 7) is 7.85. The Labute approximate surface area is 155 Å². The summed E-state index contributed by atoms with van der Waals surface area (Å²) in [5.74, 6) is -0.521. The first-order valence-electron chi connectivity index (χ1n) is 9.00. The van der Waals surface area contributed by atoms with Crippen LogP contribution in [0.2, 0.25) is 0 Å². The number of aromatic amines is 1. The molecule has 0 radical (unpaired) electrons. The minimum Gasteiger partial charge on any atom is -0.394 e. The van der Waals surface area contributed by atoms with E-state index in [1.54, 1.807) is 6.92 Å². The third-order valence-electron chi connectivity index (χ3n) is 5.08. The highest BCUT2D eigenvalue weighted by Gasteiger charge is 2.43. The van der Waals surface area contributed by atoms with Gasteiger partial charge in [0, 0.05) is 12.5 Å². The highest BCUT2D eigenvalue weighted by atomic mass is 16.5. The van der Waals surface area contributed by atoms with Crippen LogP contribution in [-0.4, -0.2) is 48.1 Å². The fourth-order valence-electron chi connectivity index (χ4n) is 3.37. The van der Waals surface area contributed by atoms with Crippen molar-refractivity contribution in [3.05, 3.63) is 20.8 Å². The van der Waals surface area contributed by atoms with E-state index in [2.05, 4.69) is 9.97 Å². The lowest BCUT2D eigenvalue weighted by Crippen LogP contribution is -2.33. The molecule has 2 aromatic heterocycles. The van der Waals surface area contributed by atoms with E-state index in [1.807, 2.05) is 20.8 Å². The van der Waals surface area contributed by atoms with Crippen molar-refractivity contribution in [1.82, 2.24) is 19.1 Å². The van der Waals surface area contributed by atoms with Crippen LogP contribution in [0, 0.1) is 11.3 Å². The number of ether oxygens (including phenoxy) is 1. The maximum atomic E-state index is 13.1. The fourth-order valence-corrected chi connectivity index (χ4v) is 3.37. The molecule has 4 unspecified atom stereocenters. The summed E-state index contributed by atoms with van der Waals surface area (Å²) in [6.07, 6.45) is -2.07. The number of imidazole rings is 1. The molecule has 150 valence electrons. The lowest BCUT2D eigenvalue weighted by molar-refractivity contribution is -0.0510. The number of aromatic nitrogens is 4. The van der Waals surface area contributed by atoms with Gasteiger partial charge in [0.15, 0.2) is 17.4 Å². The molecular formula is C17H27N5O5. The van der Waals surface area contributed by atoms with Gasteiger partial charge < -0.3 is 20.7 Å². The van der Waals surface area contributed by atoms with Crippen LogP contribution in [0.15, 0.2) is 9.59 Å². The number of rotatable bonds is 4. The van der Waals surface area contributed by atoms with Crippen LogP contribution in [0.1, 0.15) is 40.3 Å². The standard InChI is InChI=1S/C17H27N5O5/c1-8-9(7-23)27-14(11(8)24)22-12-10(13(25)20-15(18)19-12)21(16(22)26)6-5-17(2,3)4/h8-9,11,14,23-24H,5-7H2,1-4H3,(H3,18,19,20,25). The van der Waals surface area contributed by atoms with Crippen LogP contribution >= 0.6 is 0 Å². The average molecular weight is 381 g/mol. The van der Waals surface area contributed by atoms with E-state index < -0.39 is 29.7 Å². The number of nitrogens with two attached hydrogens (primary N) is 1. The number of hydrogen-bond donors (Lipinski definition) is 4. The van der Waals surface area contributed by atoms with E-state index >= 15 is 0 Å². The number of fused-ring (bicyclic) bond motifs is 1. The summed E-state index contributed by atoms with van der Waals surface area (Å²) < 4.78 is 8.22. The van der Waals surface area contributed by atoms with E-state index in [0.717, 1.165) is 0 Å². The normalized spacial score (nSPS) is 26.1. The number of nitrogens with zero attached hydrogens (tertiary/aromatic N) is 3. The Morgan fingerprint density at radius 3 is 2.56 bits per heavy atom. The zero-order valence-corrected chi connectivity index (χ0v) is 16.0. The highest BCUT2D eigenvalue weighted by molar-refractivity contribution is 5.71. The van der Waals surface area contributed by atoms with Gasteiger partial charge in [0.05, 0.1) is 12.7 Å². The maximum Gasteiger partial charge on any atom is 0.332 e. The molecule has 5 N–H and O–H groups in total. The van der Waals surface area contributed by atoms with Crippen LogP contribution in [0.4, 0.5) is 5.95 Å². The van der Waals surface area contributed by atoms with Crippen molar-refractivity contribution in [2.24, 2.45) is 11.3 Å². The van der Waals surface area contributed by atoms with Gasteiger partial charge in [0.1, 0.15) is 6.10 Å². The van der Waals surface area contributed by atoms with Gasteiger partial charge in [-0.2, -0.15) is 4.98 Å². The molecule has 0 amide bonds. The molecule has 0 aliphatic carbocycles. The monoisotopic (exact) mass is 381 g/mol. The zero-order chi connectivity index (χ0) is 20.1. The summed E-state index contributed by atoms with van der Waals surface area (Å²) in [5, 5.41) is 20.0. The maximum absolute atomic E-state index is 13.1. The smallest absolute Gasteiger partial charge is 0.332 e. The third-order valence-corrected chi connectivity index (χ3v) is 5.08. The zero-order valence-electron chi connectivity index (χ0n) is 16.0. The van der Waals surface area contributed by atoms with Gasteiger partial charge in [0.25, 0.3) is 5.56 Å². The number of aliphatic hydroxyl groups excluding tert-OH is 2. The molecule has 27 heavy (non-hydrogen) atoms. The lowest BCUT2D eigenvalue weighted by atomic mass is 9.92. The Bertz CT molecular complexity index is 953. The van der Waals surface area contributed by atoms with Crippen molar-refractivity contribution >= 4 is 17.1 Å². The van der Waals surface area contributed by atoms with Crippen LogP contribution in [-0.2, 0) is 11.3 Å². The Hall–Kier alpha value is -2.17. The topological polar surface area (TPSA) is 148 Å². The molecule has 10 heteroatoms. The second kappa shape index (κ2) is 6.77. The molecule has 0 spiro atoms. The molecule has 3 rings (SSSR count). The molecule has 10 nitrogen and oxygen atoms in total. The summed E-state index contributed by atoms with van der Waals surface area (Å²) in [5.41, 5.74) is 4.74. The minimum absolute atomic E-state index is 0.0538. The molecule has 0 bridgehead atoms. The van der Waals surface area contributed by atoms with Crippen molar-refractivity contribution in [3.63, 3.8) is 0 Å². The number of H-pyrrole nitrogens is 1. The summed E-state index contributed by atoms with van der Waals surface area (Å²) >= 11 is 0. The largest absolute Gasteiger partial charge is 0.394 e. The minimum atomic E-state index is -1.06. The van der Waals surface area contributed by atoms with Crippen LogP contribution in [0.25, 0.3) is 11.2 Å². The number of nitrogens with one attached hydrogen (secondary N) is 1. The van der Waals surface area contributed by atoms with Crippen LogP contribution in [0.5, 0.6) is 0 Å². The highest BCUT2D eigenvalue weighted by Crippen LogP contribution is 2.34. The lowest BCUT2D eigenvalue weighted by Gasteiger charge is -2.18. The van der Waals surface area contributed by atoms with Crippen molar-refractivity contribution in [3.8, 4) is 0 Å². The molecule has 1 aliphatic rings. The van der Waals surface area contributed by atoms with Crippen LogP contribution in [0.3, 0.4) is 0 Å². The average Bonchev–Trinajstić information content (AvgIpc) is 2.99. The van der Waals surface area contributed by atoms with Gasteiger partial charge in [0.2, 0.25) is 5.95 Å². The number of hydrogen-bond acceptors (Lipinski definition) is 7. The first-order chi connectivity index (χ1) is 12.5. The van der Waals surface area contributed by atoms with Gasteiger partial charge in [-0.1, -0.05) is 27.7 Å². The molecule has 1 saturated heterocycles. The second-order valence-corrected chi connectivity index (χ2v) is 8.34. The molecule has 0 saturated carbocycles. The van der Waals surface area contributed by atoms with E-state index in [4.69, 9.17) is 10.5 Å². The molecule has 3 heterocycles. The fraction of sp³-hybridized carbons (Fsp3) is 0.706. The van der Waals surface area contributed by atoms with Gasteiger partial charge in [-0.3, -0.25) is 14.3 Å². The Balaban J connectivity index is 2.20. The van der Waals surface area contributed by atoms with E-state index in [0.29, 0.717) is 13.0 Å². The number of aliphatic hydroxyl groups is 2. The van der Waals surface area contributed by atoms with Crippen molar-refractivity contribution in [1.29, 1.82) is 0 Å². The molecule has 0 aromatic carbocycles. The van der Waals surface area contributed by atoms with Gasteiger partial charge in [-0.05, 0) is 11.8 Å². The summed E-state index contributed by atoms with van der Waals surface area (Å²) in [7, 11) is 0. The molecular weight excluding hydrogens is 354 g/mol. The van der Waals surface area contributed by atoms with E-state index in [1.165, 1.54) is 9.13 Å². The van der Waals surface area contributed by atoms with E-state index in [-0.39, 0.29) is 35.1 Å². The van der Waals surface area contributed by atoms with Gasteiger partial charge >= 0.3 is 5.69 Å². The Morgan fingerprint density at radius 2 is 2.00 bits per heavy atom. The second-order valence-electron chi connectivity index (χ2n) is 8.34. The van der Waals surface area contributed by atoms with E-state index in [9.17, 15) is 19.8 Å². The molecule has 2 aromatic rings. The summed E-state index contributed by atoms with van der Waals surface area (Å²) in [4.78, 5) is 32.2. The molecule has 1 fully saturated rings. The first-order valence-corrected chi connectivity index (χ1v) is 9.00. The van der Waals surface area contributed by atoms with Crippen molar-refractivity contribution < 1.29 is 14.9 Å². The predicted molar refractivity (Wildman–Crippen MR) is 99.3 cm³/mol. The number of nitrogen functional groups attached to an aromatic ring is 1.